The molecule has 2 unspecified atom stereocenters. The molecule has 3 rings (SSSR count). The molecule has 1 aliphatic rings. The lowest BCUT2D eigenvalue weighted by Gasteiger charge is -2.33. The quantitative estimate of drug-likeness (QED) is 0.770. The minimum atomic E-state index is -4.89. The lowest BCUT2D eigenvalue weighted by Crippen LogP contribution is -2.47. The summed E-state index contributed by atoms with van der Waals surface area (Å²) in [5.41, 5.74) is 1.32. The molecule has 0 saturated heterocycles. The summed E-state index contributed by atoms with van der Waals surface area (Å²) in [5, 5.41) is -1.58. The lowest BCUT2D eigenvalue weighted by atomic mass is 9.92. The Morgan fingerprint density at radius 1 is 1.17 bits per heavy atom. The molecule has 0 amide bonds. The second-order valence-electron chi connectivity index (χ2n) is 5.89. The number of pyridine rings is 1. The zero-order valence-corrected chi connectivity index (χ0v) is 14.3. The van der Waals surface area contributed by atoms with Crippen LogP contribution >= 0.6 is 0 Å². The van der Waals surface area contributed by atoms with Crippen LogP contribution in [-0.4, -0.2) is 41.9 Å². The molecule has 0 radical (unpaired) electrons. The molecule has 2 N–H and O–H groups in total. The van der Waals surface area contributed by atoms with Gasteiger partial charge in [0.1, 0.15) is 5.25 Å². The zero-order valence-electron chi connectivity index (χ0n) is 12.7. The van der Waals surface area contributed by atoms with E-state index in [1.165, 1.54) is 6.07 Å². The van der Waals surface area contributed by atoms with Crippen molar-refractivity contribution in [3.05, 3.63) is 35.5 Å². The fraction of sp³-hybridized carbons (Fsp3) is 0.286. The fourth-order valence-electron chi connectivity index (χ4n) is 2.90. The molecule has 2 heterocycles. The Morgan fingerprint density at radius 3 is 2.42 bits per heavy atom. The van der Waals surface area contributed by atoms with E-state index in [0.29, 0.717) is 16.5 Å². The number of aryl methyl sites for hydroxylation is 1. The molecule has 2 aromatic rings. The van der Waals surface area contributed by atoms with E-state index in [1.807, 2.05) is 0 Å². The highest BCUT2D eigenvalue weighted by Gasteiger charge is 2.54. The molecule has 10 heteroatoms. The predicted octanol–water partition coefficient (Wildman–Crippen LogP) is 1.83. The summed E-state index contributed by atoms with van der Waals surface area (Å²) in [5.74, 6) is 0. The first-order valence-corrected chi connectivity index (χ1v) is 9.77. The molecule has 1 aromatic carbocycles. The van der Waals surface area contributed by atoms with Crippen molar-refractivity contribution in [2.45, 2.75) is 23.8 Å². The van der Waals surface area contributed by atoms with Gasteiger partial charge in [-0.15, -0.1) is 0 Å². The molecule has 0 aliphatic carbocycles. The standard InChI is InChI=1S/C14H14N2O6S2/c1-8-5-9-10(15-6-8)3-4-11-12(9)13(23(17,18)19)14(2,7-16-11)24(20,21)22/h3-7,13H,1-2H3,(H,17,18,19)(H,20,21,22). The third kappa shape index (κ3) is 2.42. The first-order chi connectivity index (χ1) is 10.9. The minimum Gasteiger partial charge on any atom is -0.285 e. The average molecular weight is 370 g/mol. The number of aromatic nitrogens is 1. The van der Waals surface area contributed by atoms with Gasteiger partial charge in [0.15, 0.2) is 4.75 Å². The molecule has 0 saturated carbocycles. The van der Waals surface area contributed by atoms with E-state index in [-0.39, 0.29) is 11.3 Å². The van der Waals surface area contributed by atoms with Crippen LogP contribution in [0.15, 0.2) is 29.4 Å². The first-order valence-electron chi connectivity index (χ1n) is 6.83. The van der Waals surface area contributed by atoms with E-state index in [1.54, 1.807) is 25.3 Å². The van der Waals surface area contributed by atoms with E-state index < -0.39 is 30.2 Å². The number of rotatable bonds is 2. The molecule has 128 valence electrons. The number of benzene rings is 1. The topological polar surface area (TPSA) is 134 Å². The lowest BCUT2D eigenvalue weighted by molar-refractivity contribution is 0.431. The number of fused-ring (bicyclic) bond motifs is 3. The Bertz CT molecular complexity index is 1090. The van der Waals surface area contributed by atoms with Crippen LogP contribution in [0.4, 0.5) is 5.69 Å². The number of hydrogen-bond acceptors (Lipinski definition) is 6. The van der Waals surface area contributed by atoms with Gasteiger partial charge in [0.25, 0.3) is 20.2 Å². The van der Waals surface area contributed by atoms with Gasteiger partial charge < -0.3 is 0 Å². The van der Waals surface area contributed by atoms with Gasteiger partial charge in [-0.3, -0.25) is 19.1 Å². The molecule has 8 nitrogen and oxygen atoms in total. The van der Waals surface area contributed by atoms with Crippen LogP contribution in [0.1, 0.15) is 23.3 Å². The van der Waals surface area contributed by atoms with Crippen molar-refractivity contribution in [2.24, 2.45) is 4.99 Å². The third-order valence-corrected chi connectivity index (χ3v) is 7.04. The van der Waals surface area contributed by atoms with Crippen molar-refractivity contribution in [3.63, 3.8) is 0 Å². The van der Waals surface area contributed by atoms with Crippen molar-refractivity contribution in [1.29, 1.82) is 0 Å². The molecule has 2 atom stereocenters. The molecule has 0 spiro atoms. The van der Waals surface area contributed by atoms with Crippen molar-refractivity contribution in [3.8, 4) is 0 Å². The monoisotopic (exact) mass is 370 g/mol. The molecular weight excluding hydrogens is 356 g/mol. The largest absolute Gasteiger partial charge is 0.285 e. The van der Waals surface area contributed by atoms with Crippen LogP contribution in [-0.2, 0) is 20.2 Å². The van der Waals surface area contributed by atoms with E-state index in [2.05, 4.69) is 9.98 Å². The summed E-state index contributed by atoms with van der Waals surface area (Å²) in [6.07, 6.45) is 2.41. The summed E-state index contributed by atoms with van der Waals surface area (Å²) in [6.45, 7) is 2.73. The highest BCUT2D eigenvalue weighted by molar-refractivity contribution is 7.91. The van der Waals surface area contributed by atoms with Gasteiger partial charge >= 0.3 is 0 Å². The van der Waals surface area contributed by atoms with Gasteiger partial charge in [0, 0.05) is 23.4 Å². The van der Waals surface area contributed by atoms with E-state index in [0.717, 1.165) is 13.1 Å². The van der Waals surface area contributed by atoms with Crippen LogP contribution in [0.5, 0.6) is 0 Å². The zero-order chi connectivity index (χ0) is 17.9. The Hall–Kier alpha value is -1.88. The molecule has 1 aliphatic heterocycles. The van der Waals surface area contributed by atoms with E-state index in [4.69, 9.17) is 0 Å². The van der Waals surface area contributed by atoms with Crippen LogP contribution in [0.25, 0.3) is 10.9 Å². The maximum Gasteiger partial charge on any atom is 0.277 e. The Kier molecular flexibility index (Phi) is 3.57. The second kappa shape index (κ2) is 5.06. The Balaban J connectivity index is 2.51. The van der Waals surface area contributed by atoms with Crippen LogP contribution in [0.2, 0.25) is 0 Å². The summed E-state index contributed by atoms with van der Waals surface area (Å²) in [7, 11) is -9.78. The van der Waals surface area contributed by atoms with Gasteiger partial charge in [0.2, 0.25) is 0 Å². The van der Waals surface area contributed by atoms with Crippen molar-refractivity contribution in [2.75, 3.05) is 0 Å². The SMILES string of the molecule is Cc1cnc2ccc3c(c2c1)C(S(=O)(=O)O)C(C)(S(=O)(=O)O)C=N3. The average Bonchev–Trinajstić information content (AvgIpc) is 2.44. The Morgan fingerprint density at radius 2 is 1.83 bits per heavy atom. The Labute approximate surface area is 138 Å². The first kappa shape index (κ1) is 17.0. The number of hydrogen-bond donors (Lipinski definition) is 2. The van der Waals surface area contributed by atoms with Crippen LogP contribution in [0, 0.1) is 6.92 Å². The van der Waals surface area contributed by atoms with Gasteiger partial charge in [-0.25, -0.2) is 0 Å². The molecular formula is C14H14N2O6S2. The number of aliphatic imine (C=N–C) groups is 1. The summed E-state index contributed by atoms with van der Waals surface area (Å²) in [6, 6.07) is 4.73. The normalized spacial score (nSPS) is 24.1. The smallest absolute Gasteiger partial charge is 0.277 e. The molecule has 1 aromatic heterocycles. The summed E-state index contributed by atoms with van der Waals surface area (Å²) >= 11 is 0. The highest BCUT2D eigenvalue weighted by atomic mass is 32.2. The van der Waals surface area contributed by atoms with Crippen molar-refractivity contribution in [1.82, 2.24) is 4.98 Å². The fourth-order valence-corrected chi connectivity index (χ4v) is 5.40. The second-order valence-corrected chi connectivity index (χ2v) is 9.22. The molecule has 0 fully saturated rings. The van der Waals surface area contributed by atoms with Gasteiger partial charge in [0.05, 0.1) is 11.2 Å². The van der Waals surface area contributed by atoms with Crippen molar-refractivity contribution < 1.29 is 25.9 Å². The maximum absolute atomic E-state index is 12.0. The summed E-state index contributed by atoms with van der Waals surface area (Å²) in [4.78, 5) is 8.16. The molecule has 0 bridgehead atoms. The van der Waals surface area contributed by atoms with Gasteiger partial charge in [-0.05, 0) is 37.6 Å². The highest BCUT2D eigenvalue weighted by Crippen LogP contribution is 2.47. The van der Waals surface area contributed by atoms with E-state index >= 15 is 0 Å². The van der Waals surface area contributed by atoms with Gasteiger partial charge in [-0.2, -0.15) is 16.8 Å². The predicted molar refractivity (Wildman–Crippen MR) is 88.9 cm³/mol. The number of nitrogens with zero attached hydrogens (tertiary/aromatic N) is 2. The minimum absolute atomic E-state index is 0.00572. The van der Waals surface area contributed by atoms with Crippen LogP contribution in [0.3, 0.4) is 0 Å². The van der Waals surface area contributed by atoms with Crippen molar-refractivity contribution >= 4 is 43.0 Å². The van der Waals surface area contributed by atoms with E-state index in [9.17, 15) is 25.9 Å². The third-order valence-electron chi connectivity index (χ3n) is 4.12. The molecule has 24 heavy (non-hydrogen) atoms. The summed E-state index contributed by atoms with van der Waals surface area (Å²) < 4.78 is 64.8. The van der Waals surface area contributed by atoms with Gasteiger partial charge in [-0.1, -0.05) is 0 Å². The maximum atomic E-state index is 12.0. The van der Waals surface area contributed by atoms with Crippen LogP contribution < -0.4 is 0 Å².